The van der Waals surface area contributed by atoms with Crippen LogP contribution < -0.4 is 0 Å². The third kappa shape index (κ3) is 5.73. The number of para-hydroxylation sites is 3. The highest BCUT2D eigenvalue weighted by molar-refractivity contribution is 7.26. The Morgan fingerprint density at radius 3 is 1.40 bits per heavy atom. The van der Waals surface area contributed by atoms with Crippen LogP contribution in [0.5, 0.6) is 0 Å². The summed E-state index contributed by atoms with van der Waals surface area (Å²) in [7, 11) is 0. The first-order valence-electron chi connectivity index (χ1n) is 21.2. The van der Waals surface area contributed by atoms with Crippen LogP contribution in [0.4, 0.5) is 0 Å². The van der Waals surface area contributed by atoms with Gasteiger partial charge in [0.1, 0.15) is 0 Å². The molecule has 0 N–H and O–H groups in total. The van der Waals surface area contributed by atoms with Gasteiger partial charge in [-0.2, -0.15) is 0 Å². The largest absolute Gasteiger partial charge is 0.309 e. The van der Waals surface area contributed by atoms with Crippen molar-refractivity contribution in [1.29, 1.82) is 0 Å². The van der Waals surface area contributed by atoms with Crippen molar-refractivity contribution in [2.75, 3.05) is 0 Å². The number of benzene rings is 9. The van der Waals surface area contributed by atoms with E-state index in [9.17, 15) is 0 Å². The van der Waals surface area contributed by atoms with Crippen LogP contribution in [0, 0.1) is 0 Å². The summed E-state index contributed by atoms with van der Waals surface area (Å²) in [6, 6.07) is 75.7. The molecule has 9 aromatic carbocycles. The molecule has 63 heavy (non-hydrogen) atoms. The van der Waals surface area contributed by atoms with E-state index in [-0.39, 0.29) is 0 Å². The molecule has 0 spiro atoms. The summed E-state index contributed by atoms with van der Waals surface area (Å²) in [5.41, 5.74) is 12.1. The van der Waals surface area contributed by atoms with Gasteiger partial charge in [0, 0.05) is 69.8 Å². The molecule has 294 valence electrons. The summed E-state index contributed by atoms with van der Waals surface area (Å²) >= 11 is 1.79. The Labute approximate surface area is 366 Å². The van der Waals surface area contributed by atoms with Gasteiger partial charge in [-0.25, -0.2) is 15.0 Å². The highest BCUT2D eigenvalue weighted by atomic mass is 32.1. The molecule has 4 heterocycles. The number of hydrogen-bond acceptors (Lipinski definition) is 4. The fourth-order valence-electron chi connectivity index (χ4n) is 9.46. The Bertz CT molecular complexity index is 3830. The molecule has 5 nitrogen and oxygen atoms in total. The van der Waals surface area contributed by atoms with Gasteiger partial charge in [0.25, 0.3) is 0 Å². The normalized spacial score (nSPS) is 11.8. The van der Waals surface area contributed by atoms with Crippen LogP contribution in [0.25, 0.3) is 120 Å². The van der Waals surface area contributed by atoms with Crippen LogP contribution in [0.2, 0.25) is 0 Å². The number of thiophene rings is 1. The summed E-state index contributed by atoms with van der Waals surface area (Å²) in [5.74, 6) is 1.95. The molecule has 6 heteroatoms. The van der Waals surface area contributed by atoms with E-state index < -0.39 is 0 Å². The Morgan fingerprint density at radius 1 is 0.302 bits per heavy atom. The van der Waals surface area contributed by atoms with Crippen molar-refractivity contribution >= 4 is 75.1 Å². The maximum Gasteiger partial charge on any atom is 0.165 e. The number of hydrogen-bond donors (Lipinski definition) is 0. The van der Waals surface area contributed by atoms with E-state index in [4.69, 9.17) is 15.0 Å². The lowest BCUT2D eigenvalue weighted by atomic mass is 9.98. The number of nitrogens with zero attached hydrogens (tertiary/aromatic N) is 5. The zero-order chi connectivity index (χ0) is 41.4. The molecule has 13 rings (SSSR count). The highest BCUT2D eigenvalue weighted by Gasteiger charge is 2.21. The van der Waals surface area contributed by atoms with E-state index in [1.165, 1.54) is 59.1 Å². The second kappa shape index (κ2) is 14.2. The van der Waals surface area contributed by atoms with Crippen LogP contribution in [0.3, 0.4) is 0 Å². The van der Waals surface area contributed by atoms with E-state index in [1.54, 1.807) is 11.3 Å². The molecule has 0 saturated heterocycles. The first kappa shape index (κ1) is 35.6. The van der Waals surface area contributed by atoms with E-state index in [2.05, 4.69) is 185 Å². The smallest absolute Gasteiger partial charge is 0.165 e. The topological polar surface area (TPSA) is 48.5 Å². The minimum absolute atomic E-state index is 0.649. The lowest BCUT2D eigenvalue weighted by molar-refractivity contribution is 1.08. The van der Waals surface area contributed by atoms with Gasteiger partial charge in [0.05, 0.1) is 22.1 Å². The fourth-order valence-corrected chi connectivity index (χ4v) is 10.6. The van der Waals surface area contributed by atoms with Crippen LogP contribution in [0.15, 0.2) is 212 Å². The molecular formula is C57H35N5S. The van der Waals surface area contributed by atoms with Crippen LogP contribution >= 0.6 is 11.3 Å². The third-order valence-electron chi connectivity index (χ3n) is 12.4. The van der Waals surface area contributed by atoms with Gasteiger partial charge in [0.15, 0.2) is 17.5 Å². The average molecular weight is 822 g/mol. The lowest BCUT2D eigenvalue weighted by Gasteiger charge is -2.12. The van der Waals surface area contributed by atoms with E-state index >= 15 is 0 Å². The molecule has 0 aliphatic carbocycles. The zero-order valence-electron chi connectivity index (χ0n) is 33.9. The van der Waals surface area contributed by atoms with Crippen molar-refractivity contribution in [3.63, 3.8) is 0 Å². The van der Waals surface area contributed by atoms with E-state index in [0.29, 0.717) is 17.5 Å². The van der Waals surface area contributed by atoms with Gasteiger partial charge < -0.3 is 9.13 Å². The van der Waals surface area contributed by atoms with E-state index in [0.717, 1.165) is 43.9 Å². The van der Waals surface area contributed by atoms with Crippen molar-refractivity contribution in [2.45, 2.75) is 0 Å². The molecule has 0 bridgehead atoms. The van der Waals surface area contributed by atoms with Gasteiger partial charge in [-0.3, -0.25) is 0 Å². The summed E-state index contributed by atoms with van der Waals surface area (Å²) in [6.45, 7) is 0. The van der Waals surface area contributed by atoms with Gasteiger partial charge in [0.2, 0.25) is 0 Å². The number of fused-ring (bicyclic) bond motifs is 9. The van der Waals surface area contributed by atoms with E-state index in [1.807, 2.05) is 36.4 Å². The molecule has 0 atom stereocenters. The molecule has 0 radical (unpaired) electrons. The van der Waals surface area contributed by atoms with Crippen molar-refractivity contribution in [2.24, 2.45) is 0 Å². The first-order valence-corrected chi connectivity index (χ1v) is 22.0. The average Bonchev–Trinajstić information content (AvgIpc) is 4.01. The van der Waals surface area contributed by atoms with Crippen molar-refractivity contribution < 1.29 is 0 Å². The van der Waals surface area contributed by atoms with Crippen molar-refractivity contribution in [1.82, 2.24) is 24.1 Å². The Balaban J connectivity index is 1.00. The predicted octanol–water partition coefficient (Wildman–Crippen LogP) is 15.1. The molecule has 4 aromatic heterocycles. The minimum Gasteiger partial charge on any atom is -0.309 e. The Morgan fingerprint density at radius 2 is 0.794 bits per heavy atom. The van der Waals surface area contributed by atoms with Crippen LogP contribution in [-0.4, -0.2) is 24.1 Å². The number of rotatable bonds is 6. The summed E-state index contributed by atoms with van der Waals surface area (Å²) in [6.07, 6.45) is 0. The zero-order valence-corrected chi connectivity index (χ0v) is 34.7. The van der Waals surface area contributed by atoms with Gasteiger partial charge in [-0.15, -0.1) is 11.3 Å². The molecule has 13 aromatic rings. The number of aromatic nitrogens is 5. The monoisotopic (exact) mass is 821 g/mol. The van der Waals surface area contributed by atoms with Gasteiger partial charge in [-0.05, 0) is 77.9 Å². The minimum atomic E-state index is 0.649. The second-order valence-electron chi connectivity index (χ2n) is 16.0. The van der Waals surface area contributed by atoms with Crippen LogP contribution in [0.1, 0.15) is 0 Å². The maximum atomic E-state index is 5.20. The molecule has 0 amide bonds. The molecular weight excluding hydrogens is 787 g/mol. The lowest BCUT2D eigenvalue weighted by Crippen LogP contribution is -2.00. The molecule has 0 fully saturated rings. The SMILES string of the molecule is c1ccc(-c2nc(-c3ccccc3)nc(-c3cc(-c4ccc(-n5c6ccccc6c6cc7c8ccccc8n(-c8ccccc8)c7cc65)cc4)cc4c3sc3ccccc34)n2)cc1. The van der Waals surface area contributed by atoms with Crippen LogP contribution in [-0.2, 0) is 0 Å². The third-order valence-corrected chi connectivity index (χ3v) is 13.6. The van der Waals surface area contributed by atoms with Crippen molar-refractivity contribution in [3.05, 3.63) is 212 Å². The fraction of sp³-hybridized carbons (Fsp3) is 0. The standard InChI is InChI=1S/C57H35N5S/c1-4-16-37(17-5-1)55-58-56(38-18-6-2-7-19-38)60-57(59-55)48-33-39(32-47-44-24-12-15-27-53(44)63-54(47)48)36-28-30-41(31-29-36)62-50-26-14-11-23-43(50)46-34-45-42-22-10-13-25-49(42)61(51(45)35-52(46)62)40-20-8-3-9-21-40/h1-35H. The van der Waals surface area contributed by atoms with Crippen molar-refractivity contribution in [3.8, 4) is 56.7 Å². The highest BCUT2D eigenvalue weighted by Crippen LogP contribution is 2.44. The first-order chi connectivity index (χ1) is 31.2. The summed E-state index contributed by atoms with van der Waals surface area (Å²) in [5, 5.41) is 7.38. The molecule has 0 saturated carbocycles. The second-order valence-corrected chi connectivity index (χ2v) is 17.1. The molecule has 0 unspecified atom stereocenters. The Hall–Kier alpha value is -8.19. The molecule has 0 aliphatic heterocycles. The quantitative estimate of drug-likeness (QED) is 0.168. The summed E-state index contributed by atoms with van der Waals surface area (Å²) < 4.78 is 7.21. The Kier molecular flexibility index (Phi) is 8.01. The maximum absolute atomic E-state index is 5.20. The predicted molar refractivity (Wildman–Crippen MR) is 263 cm³/mol. The van der Waals surface area contributed by atoms with Gasteiger partial charge >= 0.3 is 0 Å². The summed E-state index contributed by atoms with van der Waals surface area (Å²) in [4.78, 5) is 15.4. The molecule has 0 aliphatic rings. The van der Waals surface area contributed by atoms with Gasteiger partial charge in [-0.1, -0.05) is 146 Å².